The summed E-state index contributed by atoms with van der Waals surface area (Å²) in [5.41, 5.74) is 15.7. The van der Waals surface area contributed by atoms with Gasteiger partial charge < -0.3 is 26.2 Å². The zero-order valence-corrected chi connectivity index (χ0v) is 20.1. The summed E-state index contributed by atoms with van der Waals surface area (Å²) in [6, 6.07) is 10.1. The van der Waals surface area contributed by atoms with Crippen LogP contribution < -0.4 is 11.5 Å². The van der Waals surface area contributed by atoms with E-state index in [1.807, 2.05) is 16.8 Å². The molecule has 8 heteroatoms. The Hall–Kier alpha value is -3.23. The van der Waals surface area contributed by atoms with E-state index < -0.39 is 17.6 Å². The summed E-state index contributed by atoms with van der Waals surface area (Å²) in [6.45, 7) is 4.17. The van der Waals surface area contributed by atoms with Gasteiger partial charge in [-0.1, -0.05) is 26.0 Å². The molecule has 1 unspecified atom stereocenters. The number of hydrogen-bond donors (Lipinski definition) is 4. The number of aromatic nitrogens is 4. The first-order chi connectivity index (χ1) is 16.8. The monoisotopic (exact) mass is 472 g/mol. The molecule has 3 aromatic heterocycles. The summed E-state index contributed by atoms with van der Waals surface area (Å²) in [5, 5.41) is 24.2. The summed E-state index contributed by atoms with van der Waals surface area (Å²) in [4.78, 5) is 13.1. The maximum Gasteiger partial charge on any atom is 0.145 e. The van der Waals surface area contributed by atoms with Crippen molar-refractivity contribution in [1.29, 1.82) is 0 Å². The van der Waals surface area contributed by atoms with E-state index in [2.05, 4.69) is 53.1 Å². The van der Waals surface area contributed by atoms with Crippen LogP contribution in [0, 0.1) is 11.3 Å². The van der Waals surface area contributed by atoms with E-state index >= 15 is 0 Å². The Kier molecular flexibility index (Phi) is 5.02. The molecule has 8 nitrogen and oxygen atoms in total. The number of aliphatic hydroxyl groups excluding tert-OH is 2. The number of aryl methyl sites for hydroxylation is 1. The molecule has 0 saturated heterocycles. The first kappa shape index (κ1) is 22.2. The molecule has 1 aromatic carbocycles. The second-order valence-corrected chi connectivity index (χ2v) is 10.7. The largest absolute Gasteiger partial charge is 0.390 e. The second-order valence-electron chi connectivity index (χ2n) is 10.7. The quantitative estimate of drug-likeness (QED) is 0.348. The fourth-order valence-corrected chi connectivity index (χ4v) is 6.08. The number of nitrogens with zero attached hydrogens (tertiary/aromatic N) is 4. The van der Waals surface area contributed by atoms with Crippen LogP contribution in [0.3, 0.4) is 0 Å². The third-order valence-electron chi connectivity index (χ3n) is 8.67. The third kappa shape index (κ3) is 3.46. The molecule has 0 bridgehead atoms. The molecule has 0 spiro atoms. The van der Waals surface area contributed by atoms with E-state index in [0.29, 0.717) is 23.2 Å². The van der Waals surface area contributed by atoms with Gasteiger partial charge in [0.2, 0.25) is 0 Å². The maximum absolute atomic E-state index is 11.2. The molecule has 3 heterocycles. The normalized spacial score (nSPS) is 28.8. The Balaban J connectivity index is 1.26. The van der Waals surface area contributed by atoms with Gasteiger partial charge in [0.25, 0.3) is 0 Å². The summed E-state index contributed by atoms with van der Waals surface area (Å²) >= 11 is 0. The minimum Gasteiger partial charge on any atom is -0.390 e. The summed E-state index contributed by atoms with van der Waals surface area (Å²) < 4.78 is 1.94. The minimum atomic E-state index is -0.916. The van der Waals surface area contributed by atoms with Crippen LogP contribution in [0.2, 0.25) is 0 Å². The van der Waals surface area contributed by atoms with Crippen LogP contribution in [0.4, 0.5) is 11.6 Å². The number of fused-ring (bicyclic) bond motifs is 2. The SMILES string of the molecule is C[C@@H]1[C@@H](n2ccc3c(N)ncnc32)[C@H](O)[C@H](O)C1(C)CCc1ccc2cc(C3CC3)c(N)nc2c1. The van der Waals surface area contributed by atoms with Crippen molar-refractivity contribution in [2.45, 2.75) is 63.7 Å². The standard InChI is InChI=1S/C27H32N6O2/c1-14-21(33-10-8-18-24(28)30-13-31-26(18)33)22(34)23(35)27(14,2)9-7-15-3-4-17-12-19(16-5-6-16)25(29)32-20(17)11-15/h3-4,8,10-14,16,21-23,34-35H,5-7,9H2,1-2H3,(H2,29,32)(H2,28,30,31)/t14-,21-,22+,23+,27?/m1/s1. The van der Waals surface area contributed by atoms with Crippen molar-refractivity contribution < 1.29 is 10.2 Å². The molecule has 0 aliphatic heterocycles. The van der Waals surface area contributed by atoms with Gasteiger partial charge in [-0.05, 0) is 66.8 Å². The first-order valence-corrected chi connectivity index (χ1v) is 12.4. The second kappa shape index (κ2) is 7.90. The Morgan fingerprint density at radius 1 is 1.09 bits per heavy atom. The summed E-state index contributed by atoms with van der Waals surface area (Å²) in [5.74, 6) is 1.61. The molecule has 2 saturated carbocycles. The molecular weight excluding hydrogens is 440 g/mol. The van der Waals surface area contributed by atoms with Gasteiger partial charge in [-0.2, -0.15) is 0 Å². The number of nitrogen functional groups attached to an aromatic ring is 2. The van der Waals surface area contributed by atoms with Gasteiger partial charge in [0.1, 0.15) is 29.7 Å². The Morgan fingerprint density at radius 3 is 2.66 bits per heavy atom. The van der Waals surface area contributed by atoms with Crippen molar-refractivity contribution in [3.8, 4) is 0 Å². The average Bonchev–Trinajstić information content (AvgIpc) is 3.58. The van der Waals surface area contributed by atoms with E-state index in [0.717, 1.165) is 34.7 Å². The van der Waals surface area contributed by atoms with Gasteiger partial charge in [0.15, 0.2) is 0 Å². The van der Waals surface area contributed by atoms with Crippen molar-refractivity contribution in [3.05, 3.63) is 54.0 Å². The molecule has 2 fully saturated rings. The van der Waals surface area contributed by atoms with Crippen molar-refractivity contribution in [3.63, 3.8) is 0 Å². The topological polar surface area (TPSA) is 136 Å². The van der Waals surface area contributed by atoms with Crippen LogP contribution in [-0.4, -0.2) is 41.9 Å². The third-order valence-corrected chi connectivity index (χ3v) is 8.67. The van der Waals surface area contributed by atoms with E-state index in [4.69, 9.17) is 11.5 Å². The van der Waals surface area contributed by atoms with E-state index in [9.17, 15) is 10.2 Å². The van der Waals surface area contributed by atoms with Crippen LogP contribution in [0.25, 0.3) is 21.9 Å². The van der Waals surface area contributed by atoms with Crippen LogP contribution in [0.5, 0.6) is 0 Å². The van der Waals surface area contributed by atoms with Crippen LogP contribution in [-0.2, 0) is 6.42 Å². The zero-order valence-electron chi connectivity index (χ0n) is 20.1. The molecule has 6 rings (SSSR count). The van der Waals surface area contributed by atoms with Crippen molar-refractivity contribution in [2.75, 3.05) is 11.5 Å². The summed E-state index contributed by atoms with van der Waals surface area (Å²) in [6.07, 6.45) is 5.41. The number of aliphatic hydroxyl groups is 2. The molecule has 2 aliphatic rings. The van der Waals surface area contributed by atoms with E-state index in [1.165, 1.54) is 24.7 Å². The van der Waals surface area contributed by atoms with Gasteiger partial charge in [-0.15, -0.1) is 0 Å². The predicted molar refractivity (Wildman–Crippen MR) is 137 cm³/mol. The van der Waals surface area contributed by atoms with Crippen molar-refractivity contribution >= 4 is 33.6 Å². The Labute approximate surface area is 204 Å². The number of hydrogen-bond acceptors (Lipinski definition) is 7. The lowest BCUT2D eigenvalue weighted by Crippen LogP contribution is -2.36. The number of rotatable bonds is 5. The highest BCUT2D eigenvalue weighted by molar-refractivity contribution is 5.86. The highest BCUT2D eigenvalue weighted by Gasteiger charge is 2.55. The van der Waals surface area contributed by atoms with Gasteiger partial charge in [0, 0.05) is 17.0 Å². The van der Waals surface area contributed by atoms with Gasteiger partial charge in [-0.25, -0.2) is 15.0 Å². The van der Waals surface area contributed by atoms with Crippen LogP contribution in [0.1, 0.15) is 56.2 Å². The van der Waals surface area contributed by atoms with Gasteiger partial charge in [-0.3, -0.25) is 0 Å². The fourth-order valence-electron chi connectivity index (χ4n) is 6.08. The highest BCUT2D eigenvalue weighted by Crippen LogP contribution is 2.52. The lowest BCUT2D eigenvalue weighted by molar-refractivity contribution is -0.0280. The number of pyridine rings is 1. The Morgan fingerprint density at radius 2 is 1.89 bits per heavy atom. The van der Waals surface area contributed by atoms with Crippen LogP contribution >= 0.6 is 0 Å². The minimum absolute atomic E-state index is 0.00499. The molecule has 6 N–H and O–H groups in total. The van der Waals surface area contributed by atoms with E-state index in [-0.39, 0.29) is 12.0 Å². The molecule has 2 aliphatic carbocycles. The van der Waals surface area contributed by atoms with Crippen molar-refractivity contribution in [1.82, 2.24) is 19.5 Å². The van der Waals surface area contributed by atoms with Gasteiger partial charge in [0.05, 0.1) is 23.0 Å². The predicted octanol–water partition coefficient (Wildman–Crippen LogP) is 3.57. The highest BCUT2D eigenvalue weighted by atomic mass is 16.3. The Bertz CT molecular complexity index is 1430. The molecule has 0 radical (unpaired) electrons. The molecule has 182 valence electrons. The van der Waals surface area contributed by atoms with Crippen molar-refractivity contribution in [2.24, 2.45) is 11.3 Å². The molecular formula is C27H32N6O2. The average molecular weight is 473 g/mol. The van der Waals surface area contributed by atoms with E-state index in [1.54, 1.807) is 0 Å². The number of benzene rings is 1. The lowest BCUT2D eigenvalue weighted by Gasteiger charge is -2.34. The lowest BCUT2D eigenvalue weighted by atomic mass is 9.74. The molecule has 35 heavy (non-hydrogen) atoms. The smallest absolute Gasteiger partial charge is 0.145 e. The molecule has 0 amide bonds. The zero-order chi connectivity index (χ0) is 24.5. The maximum atomic E-state index is 11.2. The molecule has 5 atom stereocenters. The number of nitrogens with two attached hydrogens (primary N) is 2. The fraction of sp³-hybridized carbons (Fsp3) is 0.444. The molecule has 4 aromatic rings. The number of anilines is 2. The van der Waals surface area contributed by atoms with Crippen LogP contribution in [0.15, 0.2) is 42.9 Å². The first-order valence-electron chi connectivity index (χ1n) is 12.4. The summed E-state index contributed by atoms with van der Waals surface area (Å²) in [7, 11) is 0. The van der Waals surface area contributed by atoms with Gasteiger partial charge >= 0.3 is 0 Å².